The van der Waals surface area contributed by atoms with E-state index < -0.39 is 0 Å². The molecule has 0 aromatic rings. The first-order valence-electron chi connectivity index (χ1n) is 21.9. The highest BCUT2D eigenvalue weighted by Crippen LogP contribution is 2.40. The number of rotatable bonds is 11. The lowest BCUT2D eigenvalue weighted by atomic mass is 9.72. The molecule has 0 radical (unpaired) electrons. The summed E-state index contributed by atoms with van der Waals surface area (Å²) in [5, 5.41) is 11.9. The van der Waals surface area contributed by atoms with Gasteiger partial charge in [0.05, 0.1) is 12.1 Å². The van der Waals surface area contributed by atoms with Crippen LogP contribution in [0.5, 0.6) is 0 Å². The Kier molecular flexibility index (Phi) is 14.1. The number of allylic oxidation sites excluding steroid dienone is 5. The van der Waals surface area contributed by atoms with Gasteiger partial charge in [-0.2, -0.15) is 0 Å². The molecule has 0 aliphatic heterocycles. The molecular formula is C48H81N3O. The fourth-order valence-electron chi connectivity index (χ4n) is 10.8. The highest BCUT2D eigenvalue weighted by atomic mass is 16.3. The average Bonchev–Trinajstić information content (AvgIpc) is 3.12. The molecule has 0 unspecified atom stereocenters. The third-order valence-electron chi connectivity index (χ3n) is 16.8. The average molecular weight is 716 g/mol. The number of aliphatic hydroxyl groups excluding tert-OH is 1. The van der Waals surface area contributed by atoms with Crippen LogP contribution in [0.4, 0.5) is 0 Å². The van der Waals surface area contributed by atoms with Crippen LogP contribution in [0.1, 0.15) is 96.9 Å². The molecule has 0 aromatic carbocycles. The van der Waals surface area contributed by atoms with Crippen LogP contribution in [0.2, 0.25) is 0 Å². The van der Waals surface area contributed by atoms with Gasteiger partial charge in [-0.15, -0.1) is 0 Å². The van der Waals surface area contributed by atoms with Crippen molar-refractivity contribution in [1.29, 1.82) is 0 Å². The van der Waals surface area contributed by atoms with E-state index in [-0.39, 0.29) is 18.1 Å². The summed E-state index contributed by atoms with van der Waals surface area (Å²) in [5.41, 5.74) is 0. The monoisotopic (exact) mass is 716 g/mol. The SMILES string of the molecule is C[C@H]1[C@H](C)[C@@H](N(CCN([C@H]2C=C[C@@H](C)[C@@H](C)[C@@H]2C)[C@H]2C=C[C@@H](C)[C@@H](C)[C@@H]2C)CCN([C@H]2C=C[C@@H](C)[C@@H](C)[C@@H]2C)[C@H]2C=C[C@@H](C)[C@@H](C)[C@@H]2O)C=C[C@H]1C. The van der Waals surface area contributed by atoms with Crippen molar-refractivity contribution in [2.75, 3.05) is 26.2 Å². The molecule has 0 amide bonds. The Bertz CT molecular complexity index is 1150. The van der Waals surface area contributed by atoms with Crippen molar-refractivity contribution in [3.63, 3.8) is 0 Å². The van der Waals surface area contributed by atoms with Crippen molar-refractivity contribution in [3.05, 3.63) is 60.8 Å². The van der Waals surface area contributed by atoms with Crippen LogP contribution in [0.3, 0.4) is 0 Å². The minimum atomic E-state index is -0.360. The van der Waals surface area contributed by atoms with Crippen molar-refractivity contribution in [2.45, 2.75) is 133 Å². The molecule has 5 aliphatic rings. The fourth-order valence-corrected chi connectivity index (χ4v) is 10.8. The van der Waals surface area contributed by atoms with E-state index in [2.05, 4.69) is 172 Å². The highest BCUT2D eigenvalue weighted by Gasteiger charge is 2.42. The van der Waals surface area contributed by atoms with Crippen molar-refractivity contribution >= 4 is 0 Å². The molecule has 0 saturated carbocycles. The molecule has 0 heterocycles. The van der Waals surface area contributed by atoms with Crippen LogP contribution >= 0.6 is 0 Å². The van der Waals surface area contributed by atoms with E-state index in [1.807, 2.05) is 0 Å². The number of hydrogen-bond donors (Lipinski definition) is 1. The van der Waals surface area contributed by atoms with Gasteiger partial charge in [0.2, 0.25) is 0 Å². The molecule has 52 heavy (non-hydrogen) atoms. The second-order valence-electron chi connectivity index (χ2n) is 19.4. The third-order valence-corrected chi connectivity index (χ3v) is 16.8. The van der Waals surface area contributed by atoms with Crippen LogP contribution in [-0.4, -0.2) is 82.3 Å². The first-order valence-corrected chi connectivity index (χ1v) is 21.9. The molecule has 5 aliphatic carbocycles. The van der Waals surface area contributed by atoms with Gasteiger partial charge in [-0.3, -0.25) is 14.7 Å². The topological polar surface area (TPSA) is 30.0 Å². The Balaban J connectivity index is 1.49. The van der Waals surface area contributed by atoms with E-state index in [4.69, 9.17) is 0 Å². The van der Waals surface area contributed by atoms with Gasteiger partial charge in [0.15, 0.2) is 0 Å². The van der Waals surface area contributed by atoms with E-state index in [1.54, 1.807) is 0 Å². The lowest BCUT2D eigenvalue weighted by Gasteiger charge is -2.50. The summed E-state index contributed by atoms with van der Waals surface area (Å²) in [7, 11) is 0. The van der Waals surface area contributed by atoms with Gasteiger partial charge in [-0.1, -0.05) is 158 Å². The van der Waals surface area contributed by atoms with Gasteiger partial charge in [-0.25, -0.2) is 0 Å². The quantitative estimate of drug-likeness (QED) is 0.216. The zero-order valence-corrected chi connectivity index (χ0v) is 35.9. The van der Waals surface area contributed by atoms with Gasteiger partial charge in [0.1, 0.15) is 0 Å². The maximum Gasteiger partial charge on any atom is 0.0762 e. The molecule has 1 N–H and O–H groups in total. The zero-order valence-electron chi connectivity index (χ0n) is 35.9. The Labute approximate surface area is 321 Å². The van der Waals surface area contributed by atoms with Crippen LogP contribution in [0.25, 0.3) is 0 Å². The van der Waals surface area contributed by atoms with Gasteiger partial charge < -0.3 is 5.11 Å². The van der Waals surface area contributed by atoms with Crippen molar-refractivity contribution in [3.8, 4) is 0 Å². The maximum absolute atomic E-state index is 11.9. The molecule has 0 aromatic heterocycles. The summed E-state index contributed by atoms with van der Waals surface area (Å²) in [4.78, 5) is 8.50. The predicted octanol–water partition coefficient (Wildman–Crippen LogP) is 9.85. The highest BCUT2D eigenvalue weighted by molar-refractivity contribution is 5.16. The Morgan fingerprint density at radius 3 is 0.942 bits per heavy atom. The molecule has 0 bridgehead atoms. The van der Waals surface area contributed by atoms with E-state index in [1.165, 1.54) is 0 Å². The van der Waals surface area contributed by atoms with Crippen molar-refractivity contribution in [1.82, 2.24) is 14.7 Å². The van der Waals surface area contributed by atoms with Crippen LogP contribution in [0, 0.1) is 82.9 Å². The Hall–Kier alpha value is -1.46. The molecule has 0 fully saturated rings. The lowest BCUT2D eigenvalue weighted by Crippen LogP contribution is -2.58. The summed E-state index contributed by atoms with van der Waals surface area (Å²) in [6, 6.07) is 1.66. The second kappa shape index (κ2) is 17.6. The fraction of sp³-hybridized carbons (Fsp3) is 0.792. The number of aliphatic hydroxyl groups is 1. The summed E-state index contributed by atoms with van der Waals surface area (Å²) in [6.45, 7) is 38.0. The first kappa shape index (κ1) is 41.7. The molecular weight excluding hydrogens is 635 g/mol. The minimum Gasteiger partial charge on any atom is -0.391 e. The summed E-state index contributed by atoms with van der Waals surface area (Å²) in [5.74, 6) is 8.02. The third kappa shape index (κ3) is 8.51. The molecule has 4 heteroatoms. The molecule has 294 valence electrons. The number of hydrogen-bond acceptors (Lipinski definition) is 4. The predicted molar refractivity (Wildman–Crippen MR) is 224 cm³/mol. The smallest absolute Gasteiger partial charge is 0.0762 e. The van der Waals surface area contributed by atoms with Crippen molar-refractivity contribution in [2.24, 2.45) is 82.9 Å². The van der Waals surface area contributed by atoms with E-state index in [0.717, 1.165) is 26.2 Å². The van der Waals surface area contributed by atoms with Gasteiger partial charge in [-0.05, 0) is 82.9 Å². The van der Waals surface area contributed by atoms with E-state index in [9.17, 15) is 5.11 Å². The molecule has 4 nitrogen and oxygen atoms in total. The minimum absolute atomic E-state index is 0.0360. The summed E-state index contributed by atoms with van der Waals surface area (Å²) < 4.78 is 0. The zero-order chi connectivity index (χ0) is 38.2. The molecule has 20 atom stereocenters. The van der Waals surface area contributed by atoms with Crippen LogP contribution < -0.4 is 0 Å². The van der Waals surface area contributed by atoms with Gasteiger partial charge in [0, 0.05) is 50.3 Å². The molecule has 5 rings (SSSR count). The lowest BCUT2D eigenvalue weighted by molar-refractivity contribution is -0.0163. The largest absolute Gasteiger partial charge is 0.391 e. The molecule has 0 spiro atoms. The summed E-state index contributed by atoms with van der Waals surface area (Å²) in [6.07, 6.45) is 24.6. The number of nitrogens with zero attached hydrogens (tertiary/aromatic N) is 3. The standard InChI is InChI=1S/C48H81N3O/c1-29-15-20-43(39(11)34(29)6)49(25-27-50(44-21-16-30(2)35(7)40(44)12)45-22-17-31(3)36(8)41(45)13)26-28-51(46-23-18-32(4)37(9)42(46)14)47-24-19-33(5)38(10)48(47)52/h15-24,29-48,52H,25-28H2,1-14H3/t29-,30-,31-,32-,33-,34-,35-,36-,37-,38-,39+,40+,41+,42+,43+,44+,45+,46+,47+,48+/m1/s1. The van der Waals surface area contributed by atoms with Gasteiger partial charge >= 0.3 is 0 Å². The van der Waals surface area contributed by atoms with E-state index in [0.29, 0.717) is 101 Å². The second-order valence-corrected chi connectivity index (χ2v) is 19.4. The summed E-state index contributed by atoms with van der Waals surface area (Å²) >= 11 is 0. The van der Waals surface area contributed by atoms with Gasteiger partial charge in [0.25, 0.3) is 0 Å². The first-order chi connectivity index (χ1) is 24.5. The normalized spacial score (nSPS) is 48.0. The van der Waals surface area contributed by atoms with Crippen molar-refractivity contribution < 1.29 is 5.11 Å². The van der Waals surface area contributed by atoms with Crippen LogP contribution in [-0.2, 0) is 0 Å². The Morgan fingerprint density at radius 1 is 0.308 bits per heavy atom. The maximum atomic E-state index is 11.9. The molecule has 0 saturated heterocycles. The van der Waals surface area contributed by atoms with Crippen LogP contribution in [0.15, 0.2) is 60.8 Å². The Morgan fingerprint density at radius 2 is 0.577 bits per heavy atom. The van der Waals surface area contributed by atoms with E-state index >= 15 is 0 Å².